The summed E-state index contributed by atoms with van der Waals surface area (Å²) in [6.07, 6.45) is -9.33. The second-order valence-corrected chi connectivity index (χ2v) is 1.00. The van der Waals surface area contributed by atoms with Crippen molar-refractivity contribution in [2.45, 2.75) is 0 Å². The van der Waals surface area contributed by atoms with E-state index in [-0.39, 0.29) is 76.1 Å². The fraction of sp³-hybridized carbons (Fsp3) is 0. The molecular weight excluding hydrogens is 441 g/mol. The van der Waals surface area contributed by atoms with Gasteiger partial charge in [-0.25, -0.2) is 0 Å². The Balaban J connectivity index is -0.0000000192. The number of carboxylic acid groups (broad SMARTS) is 8. The number of hydrogen-bond donors (Lipinski definition) is 0. The Morgan fingerprint density at radius 1 is 0.474 bits per heavy atom. The summed E-state index contributed by atoms with van der Waals surface area (Å²) in [4.78, 5) is 33.3. The van der Waals surface area contributed by atoms with Gasteiger partial charge in [-0.05, 0) is 24.6 Å². The van der Waals surface area contributed by atoms with E-state index in [4.69, 9.17) is 60.0 Å². The molecule has 0 aromatic heterocycles. The van der Waals surface area contributed by atoms with E-state index < -0.39 is 24.6 Å². The Kier molecular flexibility index (Phi) is 81.3. The molecule has 0 heterocycles. The maximum Gasteiger partial charge on any atom is 4.00 e. The van der Waals surface area contributed by atoms with Gasteiger partial charge in [0.2, 0.25) is 0 Å². The quantitative estimate of drug-likeness (QED) is 0.314. The van der Waals surface area contributed by atoms with Crippen LogP contribution in [0.2, 0.25) is 0 Å². The molecule has 0 unspecified atom stereocenters. The van der Waals surface area contributed by atoms with Crippen molar-refractivity contribution in [3.05, 3.63) is 0 Å². The van der Waals surface area contributed by atoms with Crippen molar-refractivity contribution in [1.29, 1.82) is 0 Å². The topological polar surface area (TPSA) is 287 Å². The van der Waals surface area contributed by atoms with Crippen LogP contribution < -0.4 is 40.9 Å². The fourth-order valence-corrected chi connectivity index (χ4v) is 0. The smallest absolute Gasteiger partial charge is 0.873 e. The van der Waals surface area contributed by atoms with E-state index in [2.05, 4.69) is 0 Å². The predicted octanol–water partition coefficient (Wildman–Crippen LogP) is -11.4. The van der Waals surface area contributed by atoms with Crippen LogP contribution in [0, 0.1) is 0 Å². The molecule has 0 fully saturated rings. The fourth-order valence-electron chi connectivity index (χ4n) is 0. The first-order valence-electron chi connectivity index (χ1n) is 2.45. The molecule has 0 atom stereocenters. The number of rotatable bonds is 0. The largest absolute Gasteiger partial charge is 4.00 e. The number of hydrogen-bond acceptors (Lipinski definition) is 12. The Labute approximate surface area is 159 Å². The van der Waals surface area contributed by atoms with Gasteiger partial charge in [0.05, 0.1) is 0 Å². The second-order valence-electron chi connectivity index (χ2n) is 1.00. The Morgan fingerprint density at radius 3 is 0.474 bits per heavy atom. The predicted molar refractivity (Wildman–Crippen MR) is 33.6 cm³/mol. The second kappa shape index (κ2) is 36.0. The third kappa shape index (κ3) is 8950. The monoisotopic (exact) mass is 446 g/mol. The van der Waals surface area contributed by atoms with Crippen molar-refractivity contribution in [3.8, 4) is 0 Å². The summed E-state index contributed by atoms with van der Waals surface area (Å²) in [5.41, 5.74) is 0. The van der Waals surface area contributed by atoms with Gasteiger partial charge in [0.25, 0.3) is 0 Å². The molecule has 0 aromatic carbocycles. The summed E-state index contributed by atoms with van der Waals surface area (Å²) in [5.74, 6) is 0. The van der Waals surface area contributed by atoms with Crippen molar-refractivity contribution in [1.82, 2.24) is 0 Å². The molecule has 15 heteroatoms. The van der Waals surface area contributed by atoms with E-state index in [9.17, 15) is 0 Å². The molecule has 0 bridgehead atoms. The zero-order valence-electron chi connectivity index (χ0n) is 8.81. The molecule has 0 amide bonds. The van der Waals surface area contributed by atoms with Gasteiger partial charge in [-0.15, -0.1) is 0 Å². The first kappa shape index (κ1) is 42.9. The van der Waals surface area contributed by atoms with Crippen LogP contribution in [0.15, 0.2) is 0 Å². The first-order chi connectivity index (χ1) is 6.93. The van der Waals surface area contributed by atoms with E-state index in [0.29, 0.717) is 0 Å². The molecule has 0 rings (SSSR count). The third-order valence-electron chi connectivity index (χ3n) is 0. The molecule has 0 spiro atoms. The van der Waals surface area contributed by atoms with Gasteiger partial charge >= 0.3 is 70.6 Å². The summed E-state index contributed by atoms with van der Waals surface area (Å²) in [7, 11) is 0. The van der Waals surface area contributed by atoms with E-state index in [1.807, 2.05) is 0 Å². The minimum Gasteiger partial charge on any atom is -0.873 e. The Hall–Kier alpha value is -0.674. The summed E-state index contributed by atoms with van der Waals surface area (Å²) in [6.45, 7) is 0. The molecule has 0 aromatic rings. The van der Waals surface area contributed by atoms with E-state index in [1.54, 1.807) is 0 Å². The normalized spacial score (nSPS) is 5.05. The molecule has 0 aliphatic heterocycles. The van der Waals surface area contributed by atoms with Crippen LogP contribution in [-0.2, 0) is 27.2 Å². The minimum absolute atomic E-state index is 0. The molecule has 0 aliphatic rings. The van der Waals surface area contributed by atoms with Gasteiger partial charge in [0.15, 0.2) is 0 Å². The van der Waals surface area contributed by atoms with Crippen molar-refractivity contribution >= 4 is 73.5 Å². The van der Waals surface area contributed by atoms with Gasteiger partial charge < -0.3 is 65.5 Å². The van der Waals surface area contributed by atoms with Gasteiger partial charge in [-0.1, -0.05) is 0 Å². The molecule has 104 valence electrons. The maximum atomic E-state index is 8.33. The molecule has 0 aliphatic carbocycles. The first-order valence-corrected chi connectivity index (χ1v) is 2.45. The summed E-state index contributed by atoms with van der Waals surface area (Å²) in [6, 6.07) is 0. The molecule has 19 heavy (non-hydrogen) atoms. The standard InChI is InChI=1S/4CH2O3.Ba.H4O.Ti/c4*2-1(3)4;;;/h4*(H2,2,3,4);;1H4;/q;;;;2*+2;+4/p-8. The van der Waals surface area contributed by atoms with Crippen LogP contribution in [0.3, 0.4) is 0 Å². The SMILES string of the molecule is O=C([O-])[O-].O=C([O-])[O-].O=C([O-])[O-].O=C([O-])[O-].[Ba+2].[OH4+2].[Ti+4]. The maximum absolute atomic E-state index is 8.33. The number of carbonyl (C=O) groups is 4. The van der Waals surface area contributed by atoms with Crippen LogP contribution in [0.25, 0.3) is 0 Å². The molecule has 0 saturated heterocycles. The average molecular weight is 445 g/mol. The molecule has 4 N–H and O–H groups in total. The van der Waals surface area contributed by atoms with E-state index >= 15 is 0 Å². The van der Waals surface area contributed by atoms with Gasteiger partial charge in [0.1, 0.15) is 0 Å². The molecular formula is C4H4BaO13Ti. The average Bonchev–Trinajstić information content (AvgIpc) is 1.76. The van der Waals surface area contributed by atoms with Crippen molar-refractivity contribution in [2.24, 2.45) is 0 Å². The molecule has 13 nitrogen and oxygen atoms in total. The van der Waals surface area contributed by atoms with Gasteiger partial charge in [0, 0.05) is 0 Å². The minimum atomic E-state index is -2.33. The molecule has 0 saturated carbocycles. The Bertz CT molecular complexity index is 165. The van der Waals surface area contributed by atoms with Crippen LogP contribution in [-0.4, -0.2) is 73.5 Å². The zero-order chi connectivity index (χ0) is 14.3. The van der Waals surface area contributed by atoms with Gasteiger partial charge in [-0.2, -0.15) is 0 Å². The van der Waals surface area contributed by atoms with Crippen LogP contribution in [0.4, 0.5) is 19.2 Å². The zero-order valence-corrected chi connectivity index (χ0v) is 14.8. The third-order valence-corrected chi connectivity index (χ3v) is 0. The molecule has 0 radical (unpaired) electrons. The van der Waals surface area contributed by atoms with Crippen LogP contribution in [0.1, 0.15) is 0 Å². The van der Waals surface area contributed by atoms with E-state index in [0.717, 1.165) is 0 Å². The van der Waals surface area contributed by atoms with Crippen molar-refractivity contribution < 1.29 is 87.2 Å². The van der Waals surface area contributed by atoms with Gasteiger partial charge in [-0.3, -0.25) is 0 Å². The van der Waals surface area contributed by atoms with Crippen molar-refractivity contribution in [3.63, 3.8) is 0 Å². The summed E-state index contributed by atoms with van der Waals surface area (Å²) in [5, 5.41) is 66.7. The summed E-state index contributed by atoms with van der Waals surface area (Å²) < 4.78 is 0. The van der Waals surface area contributed by atoms with Crippen LogP contribution in [0.5, 0.6) is 0 Å². The number of carbonyl (C=O) groups excluding carboxylic acids is 4. The van der Waals surface area contributed by atoms with E-state index in [1.165, 1.54) is 0 Å². The van der Waals surface area contributed by atoms with Crippen molar-refractivity contribution in [2.75, 3.05) is 0 Å². The van der Waals surface area contributed by atoms with Crippen LogP contribution >= 0.6 is 0 Å². The summed E-state index contributed by atoms with van der Waals surface area (Å²) >= 11 is 0. The Morgan fingerprint density at radius 2 is 0.474 bits per heavy atom.